The maximum absolute atomic E-state index is 12.8. The summed E-state index contributed by atoms with van der Waals surface area (Å²) < 4.78 is 25.5. The predicted octanol–water partition coefficient (Wildman–Crippen LogP) is 2.86. The van der Waals surface area contributed by atoms with Gasteiger partial charge in [0, 0.05) is 11.8 Å². The van der Waals surface area contributed by atoms with Gasteiger partial charge in [0.1, 0.15) is 11.5 Å². The molecule has 1 N–H and O–H groups in total. The molecule has 1 aromatic heterocycles. The molecule has 0 bridgehead atoms. The predicted molar refractivity (Wildman–Crippen MR) is 62.0 cm³/mol. The maximum atomic E-state index is 12.8. The van der Waals surface area contributed by atoms with Crippen LogP contribution in [0.4, 0.5) is 8.78 Å². The van der Waals surface area contributed by atoms with Gasteiger partial charge in [0.25, 0.3) is 6.43 Å². The average molecular weight is 260 g/mol. The van der Waals surface area contributed by atoms with Crippen molar-refractivity contribution in [2.75, 3.05) is 5.75 Å². The molecule has 0 aliphatic carbocycles. The Balaban J connectivity index is 2.26. The van der Waals surface area contributed by atoms with E-state index in [1.54, 1.807) is 11.8 Å². The lowest BCUT2D eigenvalue weighted by Crippen LogP contribution is -2.10. The molecular formula is C11H14F2N2OS. The van der Waals surface area contributed by atoms with Gasteiger partial charge < -0.3 is 5.11 Å². The SMILES string of the molecule is OCc1cnc(C2CCCCS2)nc1C(F)F. The van der Waals surface area contributed by atoms with Crippen LogP contribution in [-0.4, -0.2) is 20.8 Å². The van der Waals surface area contributed by atoms with Gasteiger partial charge in [0.2, 0.25) is 0 Å². The number of thioether (sulfide) groups is 1. The van der Waals surface area contributed by atoms with Crippen molar-refractivity contribution < 1.29 is 13.9 Å². The minimum atomic E-state index is -2.66. The molecule has 2 rings (SSSR count). The summed E-state index contributed by atoms with van der Waals surface area (Å²) in [4.78, 5) is 8.02. The number of nitrogens with zero attached hydrogens (tertiary/aromatic N) is 2. The summed E-state index contributed by atoms with van der Waals surface area (Å²) in [5.41, 5.74) is -0.215. The summed E-state index contributed by atoms with van der Waals surface area (Å²) in [6, 6.07) is 0. The molecule has 1 saturated heterocycles. The van der Waals surface area contributed by atoms with Gasteiger partial charge >= 0.3 is 0 Å². The van der Waals surface area contributed by atoms with Crippen LogP contribution in [0.2, 0.25) is 0 Å². The molecule has 0 amide bonds. The molecule has 0 saturated carbocycles. The first-order valence-corrected chi connectivity index (χ1v) is 6.63. The van der Waals surface area contributed by atoms with Gasteiger partial charge in [-0.25, -0.2) is 18.7 Å². The third kappa shape index (κ3) is 2.93. The Labute approximate surface area is 103 Å². The zero-order chi connectivity index (χ0) is 12.3. The van der Waals surface area contributed by atoms with Gasteiger partial charge in [0.05, 0.1) is 11.9 Å². The fourth-order valence-corrected chi connectivity index (χ4v) is 3.10. The number of hydrogen-bond acceptors (Lipinski definition) is 4. The number of aromatic nitrogens is 2. The van der Waals surface area contributed by atoms with E-state index in [-0.39, 0.29) is 16.5 Å². The molecule has 1 atom stereocenters. The number of hydrogen-bond donors (Lipinski definition) is 1. The van der Waals surface area contributed by atoms with Crippen LogP contribution in [0.1, 0.15) is 48.0 Å². The second-order valence-electron chi connectivity index (χ2n) is 3.95. The van der Waals surface area contributed by atoms with Crippen molar-refractivity contribution in [1.29, 1.82) is 0 Å². The standard InChI is InChI=1S/C11H14F2N2OS/c12-10(13)9-7(6-16)5-14-11(15-9)8-3-1-2-4-17-8/h5,8,10,16H,1-4,6H2. The molecule has 0 spiro atoms. The zero-order valence-electron chi connectivity index (χ0n) is 9.27. The molecular weight excluding hydrogens is 246 g/mol. The van der Waals surface area contributed by atoms with Gasteiger partial charge in [-0.05, 0) is 18.6 Å². The van der Waals surface area contributed by atoms with Crippen molar-refractivity contribution in [3.63, 3.8) is 0 Å². The summed E-state index contributed by atoms with van der Waals surface area (Å²) in [6.07, 6.45) is 1.85. The molecule has 1 aliphatic heterocycles. The van der Waals surface area contributed by atoms with E-state index in [1.807, 2.05) is 0 Å². The minimum absolute atomic E-state index is 0.115. The van der Waals surface area contributed by atoms with E-state index in [0.717, 1.165) is 25.0 Å². The quantitative estimate of drug-likeness (QED) is 0.907. The smallest absolute Gasteiger partial charge is 0.280 e. The molecule has 0 aromatic carbocycles. The minimum Gasteiger partial charge on any atom is -0.392 e. The molecule has 1 aromatic rings. The van der Waals surface area contributed by atoms with Gasteiger partial charge in [-0.1, -0.05) is 6.42 Å². The summed E-state index contributed by atoms with van der Waals surface area (Å²) >= 11 is 1.72. The Morgan fingerprint density at radius 3 is 2.88 bits per heavy atom. The molecule has 1 aliphatic rings. The molecule has 17 heavy (non-hydrogen) atoms. The van der Waals surface area contributed by atoms with E-state index in [0.29, 0.717) is 5.82 Å². The van der Waals surface area contributed by atoms with Crippen molar-refractivity contribution in [3.8, 4) is 0 Å². The highest BCUT2D eigenvalue weighted by Crippen LogP contribution is 2.37. The average Bonchev–Trinajstić information content (AvgIpc) is 2.39. The monoisotopic (exact) mass is 260 g/mol. The van der Waals surface area contributed by atoms with Crippen LogP contribution in [0.3, 0.4) is 0 Å². The van der Waals surface area contributed by atoms with Crippen molar-refractivity contribution in [2.24, 2.45) is 0 Å². The molecule has 3 nitrogen and oxygen atoms in total. The summed E-state index contributed by atoms with van der Waals surface area (Å²) in [5.74, 6) is 1.50. The highest BCUT2D eigenvalue weighted by Gasteiger charge is 2.22. The molecule has 6 heteroatoms. The van der Waals surface area contributed by atoms with Gasteiger partial charge in [-0.15, -0.1) is 0 Å². The van der Waals surface area contributed by atoms with Crippen LogP contribution in [0, 0.1) is 0 Å². The third-order valence-corrected chi connectivity index (χ3v) is 4.13. The first-order valence-electron chi connectivity index (χ1n) is 5.58. The Bertz CT molecular complexity index is 384. The van der Waals surface area contributed by atoms with Gasteiger partial charge in [0.15, 0.2) is 0 Å². The van der Waals surface area contributed by atoms with Crippen molar-refractivity contribution in [2.45, 2.75) is 37.5 Å². The van der Waals surface area contributed by atoms with Crippen molar-refractivity contribution >= 4 is 11.8 Å². The van der Waals surface area contributed by atoms with E-state index in [9.17, 15) is 8.78 Å². The largest absolute Gasteiger partial charge is 0.392 e. The molecule has 0 radical (unpaired) electrons. The number of halogens is 2. The third-order valence-electron chi connectivity index (χ3n) is 2.76. The van der Waals surface area contributed by atoms with Gasteiger partial charge in [-0.3, -0.25) is 0 Å². The Hall–Kier alpha value is -0.750. The lowest BCUT2D eigenvalue weighted by atomic mass is 10.1. The van der Waals surface area contributed by atoms with Crippen LogP contribution in [0.25, 0.3) is 0 Å². The number of alkyl halides is 2. The number of rotatable bonds is 3. The zero-order valence-corrected chi connectivity index (χ0v) is 10.1. The van der Waals surface area contributed by atoms with Crippen LogP contribution in [-0.2, 0) is 6.61 Å². The number of aliphatic hydroxyl groups is 1. The van der Waals surface area contributed by atoms with E-state index < -0.39 is 13.0 Å². The lowest BCUT2D eigenvalue weighted by Gasteiger charge is -2.20. The van der Waals surface area contributed by atoms with Crippen LogP contribution < -0.4 is 0 Å². The Morgan fingerprint density at radius 1 is 1.47 bits per heavy atom. The van der Waals surface area contributed by atoms with E-state index in [1.165, 1.54) is 6.20 Å². The van der Waals surface area contributed by atoms with E-state index >= 15 is 0 Å². The summed E-state index contributed by atoms with van der Waals surface area (Å²) in [5, 5.41) is 9.07. The Morgan fingerprint density at radius 2 is 2.29 bits per heavy atom. The molecule has 1 fully saturated rings. The fourth-order valence-electron chi connectivity index (χ4n) is 1.84. The normalized spacial score (nSPS) is 20.8. The fraction of sp³-hybridized carbons (Fsp3) is 0.636. The summed E-state index contributed by atoms with van der Waals surface area (Å²) in [6.45, 7) is -0.447. The summed E-state index contributed by atoms with van der Waals surface area (Å²) in [7, 11) is 0. The lowest BCUT2D eigenvalue weighted by molar-refractivity contribution is 0.141. The number of aliphatic hydroxyl groups excluding tert-OH is 1. The topological polar surface area (TPSA) is 46.0 Å². The van der Waals surface area contributed by atoms with Crippen molar-refractivity contribution in [3.05, 3.63) is 23.3 Å². The first-order chi connectivity index (χ1) is 8.22. The second-order valence-corrected chi connectivity index (χ2v) is 5.26. The molecule has 1 unspecified atom stereocenters. The van der Waals surface area contributed by atoms with E-state index in [2.05, 4.69) is 9.97 Å². The Kier molecular flexibility index (Phi) is 4.28. The molecule has 94 valence electrons. The van der Waals surface area contributed by atoms with Crippen LogP contribution >= 0.6 is 11.8 Å². The second kappa shape index (κ2) is 5.73. The molecule has 2 heterocycles. The van der Waals surface area contributed by atoms with Gasteiger partial charge in [-0.2, -0.15) is 11.8 Å². The highest BCUT2D eigenvalue weighted by molar-refractivity contribution is 7.99. The van der Waals surface area contributed by atoms with E-state index in [4.69, 9.17) is 5.11 Å². The first kappa shape index (κ1) is 12.7. The van der Waals surface area contributed by atoms with Crippen LogP contribution in [0.15, 0.2) is 6.20 Å². The van der Waals surface area contributed by atoms with Crippen molar-refractivity contribution in [1.82, 2.24) is 9.97 Å². The maximum Gasteiger partial charge on any atom is 0.280 e. The van der Waals surface area contributed by atoms with Crippen LogP contribution in [0.5, 0.6) is 0 Å². The highest BCUT2D eigenvalue weighted by atomic mass is 32.2.